The Morgan fingerprint density at radius 1 is 0.397 bits per heavy atom. The first-order valence-electron chi connectivity index (χ1n) is 20.0. The fourth-order valence-corrected chi connectivity index (χ4v) is 8.46. The lowest BCUT2D eigenvalue weighted by atomic mass is 9.85. The smallest absolute Gasteiger partial charge is 0.135 e. The molecule has 0 spiro atoms. The van der Waals surface area contributed by atoms with Crippen LogP contribution in [0.4, 0.5) is 17.1 Å². The Bertz CT molecular complexity index is 2930. The predicted molar refractivity (Wildman–Crippen MR) is 244 cm³/mol. The number of fused-ring (bicyclic) bond motifs is 8. The number of benzene rings is 9. The molecule has 0 bridgehead atoms. The van der Waals surface area contributed by atoms with Gasteiger partial charge in [0.05, 0.1) is 0 Å². The summed E-state index contributed by atoms with van der Waals surface area (Å²) < 4.78 is 6.92. The number of hydrogen-bond acceptors (Lipinski definition) is 2. The summed E-state index contributed by atoms with van der Waals surface area (Å²) in [5.74, 6) is 0.904. The van der Waals surface area contributed by atoms with Crippen LogP contribution < -0.4 is 9.64 Å². The molecule has 0 fully saturated rings. The molecule has 0 aromatic heterocycles. The van der Waals surface area contributed by atoms with Gasteiger partial charge in [0.15, 0.2) is 0 Å². The molecule has 276 valence electrons. The summed E-state index contributed by atoms with van der Waals surface area (Å²) in [6.45, 7) is 0.473. The van der Waals surface area contributed by atoms with E-state index < -0.39 is 0 Å². The van der Waals surface area contributed by atoms with Gasteiger partial charge < -0.3 is 9.64 Å². The number of para-hydroxylation sites is 1. The van der Waals surface area contributed by atoms with E-state index in [-0.39, 0.29) is 0 Å². The Kier molecular flexibility index (Phi) is 9.43. The molecule has 0 atom stereocenters. The molecule has 58 heavy (non-hydrogen) atoms. The van der Waals surface area contributed by atoms with E-state index in [1.54, 1.807) is 0 Å². The Labute approximate surface area is 340 Å². The lowest BCUT2D eigenvalue weighted by molar-refractivity contribution is 0.311. The van der Waals surface area contributed by atoms with Gasteiger partial charge in [-0.25, -0.2) is 0 Å². The second-order valence-electron chi connectivity index (χ2n) is 14.8. The van der Waals surface area contributed by atoms with E-state index in [1.807, 2.05) is 0 Å². The zero-order valence-electron chi connectivity index (χ0n) is 32.1. The molecule has 2 nitrogen and oxygen atoms in total. The van der Waals surface area contributed by atoms with Crippen LogP contribution in [0.25, 0.3) is 61.4 Å². The quantitative estimate of drug-likeness (QED) is 0.174. The van der Waals surface area contributed by atoms with Crippen LogP contribution in [0.15, 0.2) is 218 Å². The minimum absolute atomic E-state index is 0.473. The maximum absolute atomic E-state index is 6.92. The van der Waals surface area contributed by atoms with Crippen molar-refractivity contribution in [3.8, 4) is 50.3 Å². The average molecular weight is 744 g/mol. The molecular formula is C56H41NO. The first-order valence-corrected chi connectivity index (χ1v) is 20.0. The molecule has 0 N–H and O–H groups in total. The molecule has 2 heteroatoms. The highest BCUT2D eigenvalue weighted by atomic mass is 16.5. The van der Waals surface area contributed by atoms with Crippen molar-refractivity contribution >= 4 is 33.9 Å². The molecule has 0 radical (unpaired) electrons. The number of hydrogen-bond donors (Lipinski definition) is 0. The van der Waals surface area contributed by atoms with E-state index in [0.29, 0.717) is 6.61 Å². The predicted octanol–water partition coefficient (Wildman–Crippen LogP) is 15.1. The van der Waals surface area contributed by atoms with Crippen LogP contribution in [0.2, 0.25) is 0 Å². The monoisotopic (exact) mass is 743 g/mol. The van der Waals surface area contributed by atoms with Crippen LogP contribution >= 0.6 is 0 Å². The van der Waals surface area contributed by atoms with Gasteiger partial charge in [0, 0.05) is 28.0 Å². The Morgan fingerprint density at radius 2 is 1.00 bits per heavy atom. The molecule has 1 aliphatic rings. The minimum Gasteiger partial charge on any atom is -0.488 e. The molecule has 1 aliphatic heterocycles. The number of anilines is 3. The molecule has 1 heterocycles. The Balaban J connectivity index is 1.18. The van der Waals surface area contributed by atoms with Gasteiger partial charge >= 0.3 is 0 Å². The molecule has 0 saturated heterocycles. The molecule has 0 aliphatic carbocycles. The summed E-state index contributed by atoms with van der Waals surface area (Å²) in [6.07, 6.45) is 5.34. The third-order valence-electron chi connectivity index (χ3n) is 11.2. The minimum atomic E-state index is 0.473. The first kappa shape index (κ1) is 35.0. The van der Waals surface area contributed by atoms with Crippen molar-refractivity contribution in [1.29, 1.82) is 0 Å². The molecule has 0 saturated carbocycles. The summed E-state index contributed by atoms with van der Waals surface area (Å²) in [7, 11) is 0. The van der Waals surface area contributed by atoms with Crippen molar-refractivity contribution in [3.63, 3.8) is 0 Å². The molecule has 10 rings (SSSR count). The van der Waals surface area contributed by atoms with Crippen molar-refractivity contribution in [1.82, 2.24) is 0 Å². The van der Waals surface area contributed by atoms with Crippen molar-refractivity contribution in [2.24, 2.45) is 0 Å². The highest BCUT2D eigenvalue weighted by Gasteiger charge is 2.21. The number of nitrogens with zero attached hydrogens (tertiary/aromatic N) is 1. The Morgan fingerprint density at radius 3 is 1.84 bits per heavy atom. The lowest BCUT2D eigenvalue weighted by Gasteiger charge is -2.27. The summed E-state index contributed by atoms with van der Waals surface area (Å²) in [5, 5.41) is 2.27. The van der Waals surface area contributed by atoms with E-state index >= 15 is 0 Å². The van der Waals surface area contributed by atoms with Crippen LogP contribution in [0.1, 0.15) is 16.7 Å². The van der Waals surface area contributed by atoms with E-state index in [4.69, 9.17) is 4.74 Å². The highest BCUT2D eigenvalue weighted by molar-refractivity contribution is 6.00. The Hall–Kier alpha value is -7.42. The van der Waals surface area contributed by atoms with Gasteiger partial charge in [-0.2, -0.15) is 0 Å². The third-order valence-corrected chi connectivity index (χ3v) is 11.2. The topological polar surface area (TPSA) is 12.5 Å². The molecule has 0 amide bonds. The van der Waals surface area contributed by atoms with Gasteiger partial charge in [-0.05, 0) is 110 Å². The van der Waals surface area contributed by atoms with Crippen LogP contribution in [-0.2, 0) is 13.0 Å². The summed E-state index contributed by atoms with van der Waals surface area (Å²) in [4.78, 5) is 2.36. The standard InChI is InChI=1S/C56H41NO/c1-3-17-40(18-4-1)44-25-14-29-48(37-44)57(47-27-5-2-6-28-47)49-30-15-26-45(38-49)50-34-16-24-43-23-13-22-41-19-7-8-21-46(41)39-58-56-51-31-10-9-20-42(51)35-36-54(56)52-32-11-12-33-53(52)55(43)50/h1-22,24-38H,23,39H2/b22-13-. The van der Waals surface area contributed by atoms with Crippen LogP contribution in [0, 0.1) is 0 Å². The van der Waals surface area contributed by atoms with E-state index in [2.05, 4.69) is 229 Å². The second-order valence-corrected chi connectivity index (χ2v) is 14.8. The van der Waals surface area contributed by atoms with Crippen molar-refractivity contribution in [3.05, 3.63) is 235 Å². The van der Waals surface area contributed by atoms with Gasteiger partial charge in [-0.15, -0.1) is 0 Å². The first-order chi connectivity index (χ1) is 28.8. The summed E-state index contributed by atoms with van der Waals surface area (Å²) in [5.41, 5.74) is 16.2. The van der Waals surface area contributed by atoms with E-state index in [0.717, 1.165) is 62.3 Å². The van der Waals surface area contributed by atoms with Crippen molar-refractivity contribution < 1.29 is 4.74 Å². The van der Waals surface area contributed by atoms with Gasteiger partial charge in [0.25, 0.3) is 0 Å². The van der Waals surface area contributed by atoms with Gasteiger partial charge in [-0.1, -0.05) is 182 Å². The number of ether oxygens (including phenoxy) is 1. The summed E-state index contributed by atoms with van der Waals surface area (Å²) in [6, 6.07) is 76.3. The summed E-state index contributed by atoms with van der Waals surface area (Å²) >= 11 is 0. The molecule has 9 aromatic rings. The number of rotatable bonds is 5. The van der Waals surface area contributed by atoms with Crippen LogP contribution in [0.5, 0.6) is 5.75 Å². The molecule has 9 aromatic carbocycles. The fourth-order valence-electron chi connectivity index (χ4n) is 8.46. The number of allylic oxidation sites excluding steroid dienone is 1. The zero-order chi connectivity index (χ0) is 38.7. The van der Waals surface area contributed by atoms with E-state index in [1.165, 1.54) is 38.9 Å². The molecule has 0 unspecified atom stereocenters. The third kappa shape index (κ3) is 6.76. The maximum Gasteiger partial charge on any atom is 0.135 e. The van der Waals surface area contributed by atoms with Crippen molar-refractivity contribution in [2.75, 3.05) is 4.90 Å². The highest BCUT2D eigenvalue weighted by Crippen LogP contribution is 2.46. The molecular weight excluding hydrogens is 703 g/mol. The SMILES string of the molecule is C1=C\c2ccccc2COc2c(ccc3ccccc23)-c2ccccc2-c2c(cccc2-c2cccc(N(c3ccccc3)c3cccc(-c4ccccc4)c3)c2)C/1. The fraction of sp³-hybridized carbons (Fsp3) is 0.0357. The van der Waals surface area contributed by atoms with Crippen LogP contribution in [-0.4, -0.2) is 0 Å². The largest absolute Gasteiger partial charge is 0.488 e. The average Bonchev–Trinajstić information content (AvgIpc) is 3.30. The second kappa shape index (κ2) is 15.6. The van der Waals surface area contributed by atoms with Gasteiger partial charge in [-0.3, -0.25) is 0 Å². The van der Waals surface area contributed by atoms with Crippen molar-refractivity contribution in [2.45, 2.75) is 13.0 Å². The maximum atomic E-state index is 6.92. The van der Waals surface area contributed by atoms with Gasteiger partial charge in [0.1, 0.15) is 12.4 Å². The van der Waals surface area contributed by atoms with E-state index in [9.17, 15) is 0 Å². The lowest BCUT2D eigenvalue weighted by Crippen LogP contribution is -2.10. The van der Waals surface area contributed by atoms with Crippen LogP contribution in [0.3, 0.4) is 0 Å². The zero-order valence-corrected chi connectivity index (χ0v) is 32.1. The van der Waals surface area contributed by atoms with Gasteiger partial charge in [0.2, 0.25) is 0 Å². The normalized spacial score (nSPS) is 12.6.